The van der Waals surface area contributed by atoms with Crippen molar-refractivity contribution in [2.24, 2.45) is 0 Å². The van der Waals surface area contributed by atoms with Gasteiger partial charge in [0.1, 0.15) is 5.82 Å². The van der Waals surface area contributed by atoms with Crippen molar-refractivity contribution in [2.45, 2.75) is 52.1 Å². The molecule has 1 aromatic heterocycles. The minimum Gasteiger partial charge on any atom is -0.383 e. The molecule has 0 unspecified atom stereocenters. The SMILES string of the molecule is CCC(CC)N(CCOC)C(=O)c1ccc2c(c1)nc(C)n2[C@@H]1CCS(=O)(=O)C1. The minimum absolute atomic E-state index is 0.0201. The molecule has 0 spiro atoms. The maximum Gasteiger partial charge on any atom is 0.254 e. The second-order valence-electron chi connectivity index (χ2n) is 7.75. The quantitative estimate of drug-likeness (QED) is 0.654. The number of sulfone groups is 1. The Balaban J connectivity index is 1.94. The maximum atomic E-state index is 13.2. The zero-order valence-electron chi connectivity index (χ0n) is 17.7. The highest BCUT2D eigenvalue weighted by atomic mass is 32.2. The molecule has 0 bridgehead atoms. The Hall–Kier alpha value is -1.93. The van der Waals surface area contributed by atoms with E-state index in [1.807, 2.05) is 34.6 Å². The predicted molar refractivity (Wildman–Crippen MR) is 114 cm³/mol. The van der Waals surface area contributed by atoms with E-state index < -0.39 is 9.84 Å². The molecule has 1 atom stereocenters. The van der Waals surface area contributed by atoms with Gasteiger partial charge < -0.3 is 14.2 Å². The second kappa shape index (κ2) is 8.83. The number of fused-ring (bicyclic) bond motifs is 1. The van der Waals surface area contributed by atoms with Crippen LogP contribution in [0.25, 0.3) is 11.0 Å². The summed E-state index contributed by atoms with van der Waals surface area (Å²) in [5.74, 6) is 1.13. The van der Waals surface area contributed by atoms with Crippen LogP contribution in [0.4, 0.5) is 0 Å². The third-order valence-electron chi connectivity index (χ3n) is 5.87. The van der Waals surface area contributed by atoms with E-state index in [4.69, 9.17) is 4.74 Å². The first-order valence-corrected chi connectivity index (χ1v) is 12.1. The lowest BCUT2D eigenvalue weighted by atomic mass is 10.1. The number of aryl methyl sites for hydroxylation is 1. The number of carbonyl (C=O) groups is 1. The summed E-state index contributed by atoms with van der Waals surface area (Å²) in [7, 11) is -1.35. The molecule has 0 saturated carbocycles. The number of hydrogen-bond acceptors (Lipinski definition) is 5. The van der Waals surface area contributed by atoms with E-state index in [2.05, 4.69) is 18.8 Å². The number of rotatable bonds is 8. The Morgan fingerprint density at radius 2 is 2.07 bits per heavy atom. The number of nitrogens with zero attached hydrogens (tertiary/aromatic N) is 3. The smallest absolute Gasteiger partial charge is 0.254 e. The van der Waals surface area contributed by atoms with Crippen LogP contribution in [0.1, 0.15) is 55.3 Å². The normalized spacial score (nSPS) is 18.6. The summed E-state index contributed by atoms with van der Waals surface area (Å²) < 4.78 is 31.0. The monoisotopic (exact) mass is 421 g/mol. The van der Waals surface area contributed by atoms with Gasteiger partial charge in [-0.1, -0.05) is 13.8 Å². The van der Waals surface area contributed by atoms with Crippen LogP contribution in [0.3, 0.4) is 0 Å². The lowest BCUT2D eigenvalue weighted by molar-refractivity contribution is 0.0589. The number of benzene rings is 1. The Bertz CT molecular complexity index is 979. The van der Waals surface area contributed by atoms with Crippen molar-refractivity contribution in [1.82, 2.24) is 14.5 Å². The Morgan fingerprint density at radius 1 is 1.34 bits per heavy atom. The van der Waals surface area contributed by atoms with Gasteiger partial charge in [-0.25, -0.2) is 13.4 Å². The van der Waals surface area contributed by atoms with Gasteiger partial charge in [0.2, 0.25) is 0 Å². The van der Waals surface area contributed by atoms with Crippen LogP contribution >= 0.6 is 0 Å². The van der Waals surface area contributed by atoms with Crippen molar-refractivity contribution in [3.63, 3.8) is 0 Å². The highest BCUT2D eigenvalue weighted by Crippen LogP contribution is 2.30. The van der Waals surface area contributed by atoms with Crippen LogP contribution in [0.2, 0.25) is 0 Å². The van der Waals surface area contributed by atoms with Crippen molar-refractivity contribution in [1.29, 1.82) is 0 Å². The van der Waals surface area contributed by atoms with Gasteiger partial charge in [-0.3, -0.25) is 4.79 Å². The average molecular weight is 422 g/mol. The third kappa shape index (κ3) is 4.48. The van der Waals surface area contributed by atoms with E-state index in [0.717, 1.165) is 29.7 Å². The van der Waals surface area contributed by atoms with E-state index in [1.54, 1.807) is 7.11 Å². The molecule has 7 nitrogen and oxygen atoms in total. The Labute approximate surface area is 173 Å². The molecule has 2 heterocycles. The van der Waals surface area contributed by atoms with Crippen molar-refractivity contribution in [3.05, 3.63) is 29.6 Å². The van der Waals surface area contributed by atoms with E-state index in [1.165, 1.54) is 0 Å². The number of amides is 1. The lowest BCUT2D eigenvalue weighted by Gasteiger charge is -2.30. The van der Waals surface area contributed by atoms with Gasteiger partial charge in [-0.2, -0.15) is 0 Å². The van der Waals surface area contributed by atoms with Crippen LogP contribution in [-0.2, 0) is 14.6 Å². The molecule has 1 aliphatic heterocycles. The van der Waals surface area contributed by atoms with Gasteiger partial charge in [0.15, 0.2) is 9.84 Å². The van der Waals surface area contributed by atoms with E-state index in [-0.39, 0.29) is 29.5 Å². The topological polar surface area (TPSA) is 81.5 Å². The summed E-state index contributed by atoms with van der Waals surface area (Å²) in [5, 5.41) is 0. The molecule has 3 rings (SSSR count). The van der Waals surface area contributed by atoms with Crippen molar-refractivity contribution < 1.29 is 17.9 Å². The first kappa shape index (κ1) is 21.8. The molecule has 1 saturated heterocycles. The fourth-order valence-electron chi connectivity index (χ4n) is 4.33. The molecular weight excluding hydrogens is 390 g/mol. The molecule has 0 radical (unpaired) electrons. The number of carbonyl (C=O) groups excluding carboxylic acids is 1. The van der Waals surface area contributed by atoms with E-state index >= 15 is 0 Å². The molecule has 160 valence electrons. The second-order valence-corrected chi connectivity index (χ2v) is 9.98. The van der Waals surface area contributed by atoms with Crippen molar-refractivity contribution in [2.75, 3.05) is 31.8 Å². The zero-order valence-corrected chi connectivity index (χ0v) is 18.5. The Morgan fingerprint density at radius 3 is 2.66 bits per heavy atom. The highest BCUT2D eigenvalue weighted by molar-refractivity contribution is 7.91. The van der Waals surface area contributed by atoms with E-state index in [9.17, 15) is 13.2 Å². The van der Waals surface area contributed by atoms with Crippen LogP contribution in [-0.4, -0.2) is 66.6 Å². The molecule has 29 heavy (non-hydrogen) atoms. The number of imidazole rings is 1. The van der Waals surface area contributed by atoms with Gasteiger partial charge in [0, 0.05) is 25.3 Å². The van der Waals surface area contributed by atoms with Crippen LogP contribution < -0.4 is 0 Å². The standard InChI is InChI=1S/C21H31N3O4S/c1-5-17(6-2)23(10-11-28-4)21(25)16-7-8-20-19(13-16)22-15(3)24(20)18-9-12-29(26,27)14-18/h7-8,13,17-18H,5-6,9-12,14H2,1-4H3/t18-/m1/s1. The maximum absolute atomic E-state index is 13.2. The molecule has 1 aliphatic rings. The summed E-state index contributed by atoms with van der Waals surface area (Å²) in [6.07, 6.45) is 2.38. The van der Waals surface area contributed by atoms with Crippen molar-refractivity contribution in [3.8, 4) is 0 Å². The molecule has 0 N–H and O–H groups in total. The van der Waals surface area contributed by atoms with Crippen LogP contribution in [0, 0.1) is 6.92 Å². The lowest BCUT2D eigenvalue weighted by Crippen LogP contribution is -2.41. The molecule has 1 fully saturated rings. The van der Waals surface area contributed by atoms with Gasteiger partial charge >= 0.3 is 0 Å². The number of ether oxygens (including phenoxy) is 1. The minimum atomic E-state index is -2.99. The summed E-state index contributed by atoms with van der Waals surface area (Å²) in [4.78, 5) is 19.8. The molecule has 8 heteroatoms. The molecule has 0 aliphatic carbocycles. The molecule has 1 aromatic carbocycles. The molecular formula is C21H31N3O4S. The zero-order chi connectivity index (χ0) is 21.2. The third-order valence-corrected chi connectivity index (χ3v) is 7.62. The highest BCUT2D eigenvalue weighted by Gasteiger charge is 2.31. The summed E-state index contributed by atoms with van der Waals surface area (Å²) in [5.41, 5.74) is 2.21. The van der Waals surface area contributed by atoms with Gasteiger partial charge in [-0.05, 0) is 44.4 Å². The summed E-state index contributed by atoms with van der Waals surface area (Å²) >= 11 is 0. The summed E-state index contributed by atoms with van der Waals surface area (Å²) in [6, 6.07) is 5.63. The van der Waals surface area contributed by atoms with Crippen LogP contribution in [0.15, 0.2) is 18.2 Å². The van der Waals surface area contributed by atoms with E-state index in [0.29, 0.717) is 25.1 Å². The van der Waals surface area contributed by atoms with Crippen molar-refractivity contribution >= 4 is 26.8 Å². The van der Waals surface area contributed by atoms with Crippen LogP contribution in [0.5, 0.6) is 0 Å². The number of aromatic nitrogens is 2. The van der Waals surface area contributed by atoms with Gasteiger partial charge in [-0.15, -0.1) is 0 Å². The van der Waals surface area contributed by atoms with Gasteiger partial charge in [0.25, 0.3) is 5.91 Å². The number of methoxy groups -OCH3 is 1. The Kier molecular flexibility index (Phi) is 6.63. The predicted octanol–water partition coefficient (Wildman–Crippen LogP) is 2.98. The molecule has 2 aromatic rings. The fourth-order valence-corrected chi connectivity index (χ4v) is 6.03. The number of hydrogen-bond donors (Lipinski definition) is 0. The first-order chi connectivity index (χ1) is 13.8. The largest absolute Gasteiger partial charge is 0.383 e. The first-order valence-electron chi connectivity index (χ1n) is 10.3. The summed E-state index contributed by atoms with van der Waals surface area (Å²) in [6.45, 7) is 7.11. The van der Waals surface area contributed by atoms with Gasteiger partial charge in [0.05, 0.1) is 35.2 Å². The molecule has 1 amide bonds. The average Bonchev–Trinajstić information content (AvgIpc) is 3.21. The fraction of sp³-hybridized carbons (Fsp3) is 0.619.